The Bertz CT molecular complexity index is 942. The quantitative estimate of drug-likeness (QED) is 0.208. The highest BCUT2D eigenvalue weighted by atomic mass is 16.6. The third kappa shape index (κ3) is 12.5. The van der Waals surface area contributed by atoms with Crippen molar-refractivity contribution in [3.63, 3.8) is 0 Å². The average Bonchev–Trinajstić information content (AvgIpc) is 2.96. The molecule has 1 aromatic rings. The van der Waals surface area contributed by atoms with Gasteiger partial charge in [-0.15, -0.1) is 0 Å². The molecule has 1 unspecified atom stereocenters. The van der Waals surface area contributed by atoms with Crippen LogP contribution < -0.4 is 4.74 Å². The molecule has 9 heteroatoms. The van der Waals surface area contributed by atoms with E-state index >= 15 is 0 Å². The molecular formula is C31H48O9. The summed E-state index contributed by atoms with van der Waals surface area (Å²) >= 11 is 0. The summed E-state index contributed by atoms with van der Waals surface area (Å²) in [5, 5.41) is 17.4. The van der Waals surface area contributed by atoms with Crippen LogP contribution in [0.4, 0.5) is 0 Å². The van der Waals surface area contributed by atoms with Gasteiger partial charge in [0.05, 0.1) is 24.5 Å². The number of hydrogen-bond acceptors (Lipinski definition) is 9. The SMILES string of the molecule is CCC(C)(C)C(=O)OC1CCC(OC(=O)/C=C/c2ccc(OC)cc2)CC1.CCC(C)(C)C(=O)OCC(O)CO. The van der Waals surface area contributed by atoms with Gasteiger partial charge in [-0.1, -0.05) is 26.0 Å². The molecule has 0 bridgehead atoms. The molecule has 0 radical (unpaired) electrons. The van der Waals surface area contributed by atoms with Gasteiger partial charge in [-0.05, 0) is 90.0 Å². The summed E-state index contributed by atoms with van der Waals surface area (Å²) in [5.74, 6) is -0.0664. The van der Waals surface area contributed by atoms with Crippen molar-refractivity contribution in [2.45, 2.75) is 98.4 Å². The topological polar surface area (TPSA) is 129 Å². The number of ether oxygens (including phenoxy) is 4. The zero-order valence-electron chi connectivity index (χ0n) is 25.1. The van der Waals surface area contributed by atoms with Crippen LogP contribution in [0.15, 0.2) is 30.3 Å². The Morgan fingerprint density at radius 3 is 1.88 bits per heavy atom. The second-order valence-electron chi connectivity index (χ2n) is 11.3. The Hall–Kier alpha value is -2.91. The fourth-order valence-corrected chi connectivity index (χ4v) is 3.37. The number of hydrogen-bond donors (Lipinski definition) is 2. The predicted molar refractivity (Wildman–Crippen MR) is 152 cm³/mol. The Balaban J connectivity index is 0.000000520. The monoisotopic (exact) mass is 564 g/mol. The Labute approximate surface area is 238 Å². The Morgan fingerprint density at radius 1 is 0.900 bits per heavy atom. The molecule has 0 spiro atoms. The first-order valence-electron chi connectivity index (χ1n) is 14.0. The van der Waals surface area contributed by atoms with Gasteiger partial charge in [0.25, 0.3) is 0 Å². The highest BCUT2D eigenvalue weighted by molar-refractivity contribution is 5.87. The van der Waals surface area contributed by atoms with Gasteiger partial charge >= 0.3 is 17.9 Å². The van der Waals surface area contributed by atoms with Crippen LogP contribution in [0.25, 0.3) is 6.08 Å². The van der Waals surface area contributed by atoms with Crippen molar-refractivity contribution >= 4 is 24.0 Å². The van der Waals surface area contributed by atoms with Crippen LogP contribution in [0.1, 0.15) is 85.6 Å². The van der Waals surface area contributed by atoms with Crippen molar-refractivity contribution < 1.29 is 43.5 Å². The van der Waals surface area contributed by atoms with E-state index in [-0.39, 0.29) is 43.3 Å². The number of methoxy groups -OCH3 is 1. The molecule has 1 aliphatic rings. The number of carbonyl (C=O) groups excluding carboxylic acids is 3. The molecular weight excluding hydrogens is 516 g/mol. The minimum Gasteiger partial charge on any atom is -0.497 e. The largest absolute Gasteiger partial charge is 0.497 e. The number of carbonyl (C=O) groups is 3. The van der Waals surface area contributed by atoms with Crippen LogP contribution in [-0.2, 0) is 28.6 Å². The van der Waals surface area contributed by atoms with Gasteiger partial charge in [0, 0.05) is 6.08 Å². The predicted octanol–water partition coefficient (Wildman–Crippen LogP) is 4.86. The molecule has 2 rings (SSSR count). The van der Waals surface area contributed by atoms with Crippen LogP contribution in [-0.4, -0.2) is 66.8 Å². The van der Waals surface area contributed by atoms with Crippen LogP contribution in [0.2, 0.25) is 0 Å². The summed E-state index contributed by atoms with van der Waals surface area (Å²) in [5.41, 5.74) is -0.0630. The Kier molecular flexibility index (Phi) is 14.9. The average molecular weight is 565 g/mol. The van der Waals surface area contributed by atoms with Gasteiger partial charge in [-0.2, -0.15) is 0 Å². The molecule has 1 aromatic carbocycles. The van der Waals surface area contributed by atoms with Crippen LogP contribution in [0.3, 0.4) is 0 Å². The van der Waals surface area contributed by atoms with Crippen LogP contribution >= 0.6 is 0 Å². The van der Waals surface area contributed by atoms with Crippen molar-refractivity contribution in [1.82, 2.24) is 0 Å². The maximum Gasteiger partial charge on any atom is 0.331 e. The van der Waals surface area contributed by atoms with E-state index in [1.165, 1.54) is 6.08 Å². The van der Waals surface area contributed by atoms with Gasteiger partial charge < -0.3 is 29.2 Å². The molecule has 1 fully saturated rings. The fourth-order valence-electron chi connectivity index (χ4n) is 3.37. The van der Waals surface area contributed by atoms with E-state index in [1.807, 2.05) is 52.0 Å². The van der Waals surface area contributed by atoms with Crippen molar-refractivity contribution in [3.05, 3.63) is 35.9 Å². The molecule has 9 nitrogen and oxygen atoms in total. The molecule has 1 saturated carbocycles. The fraction of sp³-hybridized carbons (Fsp3) is 0.645. The molecule has 40 heavy (non-hydrogen) atoms. The summed E-state index contributed by atoms with van der Waals surface area (Å²) in [7, 11) is 1.61. The maximum atomic E-state index is 12.2. The van der Waals surface area contributed by atoms with Crippen molar-refractivity contribution in [2.24, 2.45) is 10.8 Å². The maximum absolute atomic E-state index is 12.2. The molecule has 0 amide bonds. The smallest absolute Gasteiger partial charge is 0.331 e. The first-order chi connectivity index (χ1) is 18.8. The molecule has 1 atom stereocenters. The lowest BCUT2D eigenvalue weighted by molar-refractivity contribution is -0.164. The van der Waals surface area contributed by atoms with E-state index in [1.54, 1.807) is 27.0 Å². The minimum atomic E-state index is -0.975. The number of rotatable bonds is 12. The Morgan fingerprint density at radius 2 is 1.40 bits per heavy atom. The first-order valence-corrected chi connectivity index (χ1v) is 14.0. The molecule has 226 valence electrons. The number of aliphatic hydroxyl groups is 2. The number of aliphatic hydroxyl groups excluding tert-OH is 2. The van der Waals surface area contributed by atoms with Crippen LogP contribution in [0.5, 0.6) is 5.75 Å². The van der Waals surface area contributed by atoms with E-state index in [0.29, 0.717) is 19.3 Å². The highest BCUT2D eigenvalue weighted by Crippen LogP contribution is 2.28. The second-order valence-corrected chi connectivity index (χ2v) is 11.3. The summed E-state index contributed by atoms with van der Waals surface area (Å²) in [6, 6.07) is 7.43. The summed E-state index contributed by atoms with van der Waals surface area (Å²) in [6.07, 6.45) is 6.31. The van der Waals surface area contributed by atoms with E-state index in [2.05, 4.69) is 0 Å². The zero-order valence-corrected chi connectivity index (χ0v) is 25.1. The lowest BCUT2D eigenvalue weighted by Gasteiger charge is -2.30. The van der Waals surface area contributed by atoms with Crippen LogP contribution in [0, 0.1) is 10.8 Å². The van der Waals surface area contributed by atoms with E-state index in [0.717, 1.165) is 30.6 Å². The standard InChI is InChI=1S/C22H30O5.C9H18O4/c1-5-22(2,3)21(24)27-19-13-11-18(12-14-19)26-20(23)15-8-16-6-9-17(25-4)10-7-16;1-4-9(2,3)8(12)13-6-7(11)5-10/h6-10,15,18-19H,5,11-14H2,1-4H3;7,10-11H,4-6H2,1-3H3/b15-8+;. The van der Waals surface area contributed by atoms with Gasteiger partial charge in [0.1, 0.15) is 30.7 Å². The lowest BCUT2D eigenvalue weighted by atomic mass is 9.90. The molecule has 0 aromatic heterocycles. The number of benzene rings is 1. The number of esters is 3. The summed E-state index contributed by atoms with van der Waals surface area (Å²) in [4.78, 5) is 35.5. The first kappa shape index (κ1) is 35.1. The molecule has 0 heterocycles. The highest BCUT2D eigenvalue weighted by Gasteiger charge is 2.32. The third-order valence-electron chi connectivity index (χ3n) is 7.20. The molecule has 1 aliphatic carbocycles. The third-order valence-corrected chi connectivity index (χ3v) is 7.20. The second kappa shape index (κ2) is 17.0. The van der Waals surface area contributed by atoms with Gasteiger partial charge in [0.15, 0.2) is 0 Å². The summed E-state index contributed by atoms with van der Waals surface area (Å²) in [6.45, 7) is 10.7. The van der Waals surface area contributed by atoms with Gasteiger partial charge in [-0.3, -0.25) is 9.59 Å². The lowest BCUT2D eigenvalue weighted by Crippen LogP contribution is -2.34. The van der Waals surface area contributed by atoms with Crippen molar-refractivity contribution in [2.75, 3.05) is 20.3 Å². The van der Waals surface area contributed by atoms with E-state index in [4.69, 9.17) is 29.2 Å². The van der Waals surface area contributed by atoms with E-state index < -0.39 is 16.9 Å². The van der Waals surface area contributed by atoms with Crippen molar-refractivity contribution in [1.29, 1.82) is 0 Å². The molecule has 0 aliphatic heterocycles. The normalized spacial score (nSPS) is 18.2. The minimum absolute atomic E-state index is 0.0758. The van der Waals surface area contributed by atoms with Crippen molar-refractivity contribution in [3.8, 4) is 5.75 Å². The molecule has 2 N–H and O–H groups in total. The molecule has 0 saturated heterocycles. The van der Waals surface area contributed by atoms with Gasteiger partial charge in [0.2, 0.25) is 0 Å². The van der Waals surface area contributed by atoms with E-state index in [9.17, 15) is 14.4 Å². The van der Waals surface area contributed by atoms with Gasteiger partial charge in [-0.25, -0.2) is 4.79 Å². The zero-order chi connectivity index (χ0) is 30.3. The summed E-state index contributed by atoms with van der Waals surface area (Å²) < 4.78 is 21.0.